The molecule has 2 saturated carbocycles. The van der Waals surface area contributed by atoms with Crippen molar-refractivity contribution in [1.29, 1.82) is 0 Å². The summed E-state index contributed by atoms with van der Waals surface area (Å²) < 4.78 is 39.6. The van der Waals surface area contributed by atoms with Gasteiger partial charge in [0, 0.05) is 0 Å². The molecule has 0 heterocycles. The van der Waals surface area contributed by atoms with Gasteiger partial charge in [-0.1, -0.05) is 6.92 Å². The summed E-state index contributed by atoms with van der Waals surface area (Å²) in [7, 11) is 0. The molecule has 0 unspecified atom stereocenters. The lowest BCUT2D eigenvalue weighted by molar-refractivity contribution is 0.103. The Morgan fingerprint density at radius 2 is 1.40 bits per heavy atom. The topological polar surface area (TPSA) is 0 Å². The molecule has 0 aliphatic heterocycles. The summed E-state index contributed by atoms with van der Waals surface area (Å²) in [6, 6.07) is 2.35. The average Bonchev–Trinajstić information content (AvgIpc) is 2.41. The first kappa shape index (κ1) is 14.0. The lowest BCUT2D eigenvalue weighted by Gasteiger charge is -2.42. The van der Waals surface area contributed by atoms with E-state index in [2.05, 4.69) is 6.92 Å². The van der Waals surface area contributed by atoms with Crippen molar-refractivity contribution < 1.29 is 13.2 Å². The summed E-state index contributed by atoms with van der Waals surface area (Å²) in [6.45, 7) is 2.30. The molecule has 2 aliphatic carbocycles. The lowest BCUT2D eigenvalue weighted by Crippen LogP contribution is -2.30. The van der Waals surface area contributed by atoms with Crippen molar-refractivity contribution in [2.24, 2.45) is 17.8 Å². The van der Waals surface area contributed by atoms with Gasteiger partial charge >= 0.3 is 0 Å². The highest BCUT2D eigenvalue weighted by molar-refractivity contribution is 5.23. The van der Waals surface area contributed by atoms with Gasteiger partial charge in [0.1, 0.15) is 0 Å². The van der Waals surface area contributed by atoms with E-state index in [1.54, 1.807) is 0 Å². The number of halogens is 3. The Balaban J connectivity index is 1.63. The molecular formula is C17H21F3. The molecule has 2 fully saturated rings. The fourth-order valence-electron chi connectivity index (χ4n) is 4.08. The van der Waals surface area contributed by atoms with Crippen molar-refractivity contribution in [2.45, 2.75) is 51.4 Å². The second-order valence-electron chi connectivity index (χ2n) is 6.75. The Morgan fingerprint density at radius 3 is 1.90 bits per heavy atom. The van der Waals surface area contributed by atoms with Crippen LogP contribution in [0.25, 0.3) is 0 Å². The smallest absolute Gasteiger partial charge is 0.194 e. The van der Waals surface area contributed by atoms with E-state index in [0.717, 1.165) is 43.4 Å². The second kappa shape index (κ2) is 5.42. The monoisotopic (exact) mass is 282 g/mol. The Labute approximate surface area is 118 Å². The van der Waals surface area contributed by atoms with Crippen LogP contribution in [0.4, 0.5) is 13.2 Å². The molecule has 0 bridgehead atoms. The first-order valence-corrected chi connectivity index (χ1v) is 7.69. The van der Waals surface area contributed by atoms with Gasteiger partial charge in [-0.3, -0.25) is 0 Å². The van der Waals surface area contributed by atoms with Gasteiger partial charge in [-0.25, -0.2) is 13.2 Å². The van der Waals surface area contributed by atoms with Crippen molar-refractivity contribution >= 4 is 0 Å². The highest BCUT2D eigenvalue weighted by atomic mass is 19.2. The van der Waals surface area contributed by atoms with Crippen molar-refractivity contribution in [3.05, 3.63) is 35.1 Å². The van der Waals surface area contributed by atoms with Crippen LogP contribution < -0.4 is 0 Å². The van der Waals surface area contributed by atoms with Gasteiger partial charge in [0.05, 0.1) is 0 Å². The van der Waals surface area contributed by atoms with Crippen molar-refractivity contribution in [3.63, 3.8) is 0 Å². The molecule has 0 aromatic heterocycles. The van der Waals surface area contributed by atoms with Gasteiger partial charge < -0.3 is 0 Å². The molecule has 0 spiro atoms. The van der Waals surface area contributed by atoms with E-state index in [1.807, 2.05) is 0 Å². The molecule has 0 atom stereocenters. The fourth-order valence-corrected chi connectivity index (χ4v) is 4.08. The zero-order valence-electron chi connectivity index (χ0n) is 11.8. The van der Waals surface area contributed by atoms with Gasteiger partial charge in [0.15, 0.2) is 17.5 Å². The van der Waals surface area contributed by atoms with Gasteiger partial charge in [-0.05, 0) is 79.9 Å². The van der Waals surface area contributed by atoms with Crippen LogP contribution in [0.2, 0.25) is 0 Å². The number of hydrogen-bond acceptors (Lipinski definition) is 0. The van der Waals surface area contributed by atoms with Gasteiger partial charge in [0.25, 0.3) is 0 Å². The van der Waals surface area contributed by atoms with Gasteiger partial charge in [-0.15, -0.1) is 0 Å². The summed E-state index contributed by atoms with van der Waals surface area (Å²) in [5.74, 6) is -0.757. The molecule has 0 radical (unpaired) electrons. The van der Waals surface area contributed by atoms with E-state index in [0.29, 0.717) is 5.56 Å². The molecule has 1 aromatic rings. The fraction of sp³-hybridized carbons (Fsp3) is 0.647. The lowest BCUT2D eigenvalue weighted by atomic mass is 9.64. The first-order chi connectivity index (χ1) is 9.54. The standard InChI is InChI=1S/C17H21F3/c1-10-6-13(7-10)11-2-4-12(5-3-11)14-8-15(18)17(20)16(19)9-14/h8-13H,2-7H2,1H3/t10?,11-,12-,13?. The van der Waals surface area contributed by atoms with Crippen LogP contribution in [0.5, 0.6) is 0 Å². The molecular weight excluding hydrogens is 261 g/mol. The van der Waals surface area contributed by atoms with Crippen molar-refractivity contribution in [2.75, 3.05) is 0 Å². The van der Waals surface area contributed by atoms with Crippen LogP contribution in [0.1, 0.15) is 56.9 Å². The van der Waals surface area contributed by atoms with Crippen molar-refractivity contribution in [3.8, 4) is 0 Å². The molecule has 3 rings (SSSR count). The molecule has 0 nitrogen and oxygen atoms in total. The number of hydrogen-bond donors (Lipinski definition) is 0. The Morgan fingerprint density at radius 1 is 0.850 bits per heavy atom. The highest BCUT2D eigenvalue weighted by Crippen LogP contribution is 2.47. The molecule has 0 N–H and O–H groups in total. The van der Waals surface area contributed by atoms with E-state index in [-0.39, 0.29) is 5.92 Å². The van der Waals surface area contributed by atoms with Crippen LogP contribution in [-0.2, 0) is 0 Å². The molecule has 1 aromatic carbocycles. The number of benzene rings is 1. The quantitative estimate of drug-likeness (QED) is 0.635. The molecule has 0 saturated heterocycles. The second-order valence-corrected chi connectivity index (χ2v) is 6.75. The van der Waals surface area contributed by atoms with E-state index in [1.165, 1.54) is 25.0 Å². The van der Waals surface area contributed by atoms with Crippen LogP contribution >= 0.6 is 0 Å². The van der Waals surface area contributed by atoms with Crippen LogP contribution in [0, 0.1) is 35.2 Å². The molecule has 110 valence electrons. The predicted octanol–water partition coefficient (Wildman–Crippen LogP) is 5.42. The third-order valence-corrected chi connectivity index (χ3v) is 5.33. The summed E-state index contributed by atoms with van der Waals surface area (Å²) >= 11 is 0. The maximum Gasteiger partial charge on any atom is 0.194 e. The van der Waals surface area contributed by atoms with E-state index < -0.39 is 17.5 Å². The molecule has 3 heteroatoms. The van der Waals surface area contributed by atoms with Gasteiger partial charge in [0.2, 0.25) is 0 Å². The predicted molar refractivity (Wildman–Crippen MR) is 72.9 cm³/mol. The Hall–Kier alpha value is -0.990. The summed E-state index contributed by atoms with van der Waals surface area (Å²) in [6.07, 6.45) is 6.91. The number of rotatable bonds is 2. The SMILES string of the molecule is CC1CC([C@H]2CC[C@H](c3cc(F)c(F)c(F)c3)CC2)C1. The van der Waals surface area contributed by atoms with Crippen LogP contribution in [-0.4, -0.2) is 0 Å². The normalized spacial score (nSPS) is 33.8. The molecule has 2 aliphatic rings. The summed E-state index contributed by atoms with van der Waals surface area (Å²) in [5.41, 5.74) is 0.627. The molecule has 20 heavy (non-hydrogen) atoms. The highest BCUT2D eigenvalue weighted by Gasteiger charge is 2.35. The third-order valence-electron chi connectivity index (χ3n) is 5.33. The zero-order chi connectivity index (χ0) is 14.3. The van der Waals surface area contributed by atoms with E-state index >= 15 is 0 Å². The van der Waals surface area contributed by atoms with Crippen molar-refractivity contribution in [1.82, 2.24) is 0 Å². The van der Waals surface area contributed by atoms with Crippen LogP contribution in [0.3, 0.4) is 0 Å². The maximum atomic E-state index is 13.3. The average molecular weight is 282 g/mol. The first-order valence-electron chi connectivity index (χ1n) is 7.69. The van der Waals surface area contributed by atoms with E-state index in [9.17, 15) is 13.2 Å². The van der Waals surface area contributed by atoms with Gasteiger partial charge in [-0.2, -0.15) is 0 Å². The van der Waals surface area contributed by atoms with Crippen LogP contribution in [0.15, 0.2) is 12.1 Å². The molecule has 0 amide bonds. The maximum absolute atomic E-state index is 13.3. The minimum atomic E-state index is -1.36. The Bertz CT molecular complexity index is 460. The summed E-state index contributed by atoms with van der Waals surface area (Å²) in [5, 5.41) is 0. The zero-order valence-corrected chi connectivity index (χ0v) is 11.8. The Kier molecular flexibility index (Phi) is 3.78. The van der Waals surface area contributed by atoms with E-state index in [4.69, 9.17) is 0 Å². The third kappa shape index (κ3) is 2.59. The summed E-state index contributed by atoms with van der Waals surface area (Å²) in [4.78, 5) is 0. The minimum absolute atomic E-state index is 0.188. The largest absolute Gasteiger partial charge is 0.204 e. The minimum Gasteiger partial charge on any atom is -0.204 e.